The Kier molecular flexibility index (Phi) is 3.43. The molecule has 7 nitrogen and oxygen atoms in total. The molecule has 23 heavy (non-hydrogen) atoms. The van der Waals surface area contributed by atoms with Crippen molar-refractivity contribution in [3.8, 4) is 5.69 Å². The standard InChI is InChI=1S/C14H10N6OS2/c1-8-18-19-14(22-8)23-13-16-11-10(12(21)17-13)7-15-20(11)9-5-3-2-4-6-9/h2-7H,1H3,(H,16,17,21). The molecule has 1 N–H and O–H groups in total. The Labute approximate surface area is 138 Å². The van der Waals surface area contributed by atoms with Crippen LogP contribution < -0.4 is 5.56 Å². The number of H-pyrrole nitrogens is 1. The van der Waals surface area contributed by atoms with Gasteiger partial charge in [0.1, 0.15) is 10.4 Å². The summed E-state index contributed by atoms with van der Waals surface area (Å²) in [5, 5.41) is 14.1. The van der Waals surface area contributed by atoms with Gasteiger partial charge in [0.25, 0.3) is 5.56 Å². The van der Waals surface area contributed by atoms with Crippen LogP contribution in [-0.4, -0.2) is 29.9 Å². The van der Waals surface area contributed by atoms with Crippen LogP contribution in [0.5, 0.6) is 0 Å². The molecule has 0 amide bonds. The van der Waals surface area contributed by atoms with Crippen LogP contribution in [0.4, 0.5) is 0 Å². The molecule has 9 heteroatoms. The van der Waals surface area contributed by atoms with Gasteiger partial charge in [0, 0.05) is 0 Å². The van der Waals surface area contributed by atoms with E-state index in [4.69, 9.17) is 0 Å². The number of benzene rings is 1. The lowest BCUT2D eigenvalue weighted by Gasteiger charge is -2.03. The van der Waals surface area contributed by atoms with Crippen LogP contribution in [0, 0.1) is 6.92 Å². The van der Waals surface area contributed by atoms with Gasteiger partial charge in [-0.05, 0) is 30.8 Å². The molecule has 0 aliphatic carbocycles. The van der Waals surface area contributed by atoms with E-state index in [1.165, 1.54) is 29.3 Å². The van der Waals surface area contributed by atoms with Crippen molar-refractivity contribution in [1.29, 1.82) is 0 Å². The highest BCUT2D eigenvalue weighted by molar-refractivity contribution is 8.00. The molecule has 3 heterocycles. The molecular formula is C14H10N6OS2. The van der Waals surface area contributed by atoms with E-state index in [0.29, 0.717) is 16.2 Å². The lowest BCUT2D eigenvalue weighted by Crippen LogP contribution is -2.09. The van der Waals surface area contributed by atoms with Gasteiger partial charge >= 0.3 is 0 Å². The fourth-order valence-corrected chi connectivity index (χ4v) is 3.81. The van der Waals surface area contributed by atoms with E-state index in [1.807, 2.05) is 37.3 Å². The van der Waals surface area contributed by atoms with E-state index >= 15 is 0 Å². The third kappa shape index (κ3) is 2.64. The molecule has 0 radical (unpaired) electrons. The maximum absolute atomic E-state index is 12.2. The highest BCUT2D eigenvalue weighted by Crippen LogP contribution is 2.27. The predicted molar refractivity (Wildman–Crippen MR) is 88.3 cm³/mol. The monoisotopic (exact) mass is 342 g/mol. The molecule has 114 valence electrons. The Morgan fingerprint density at radius 2 is 2.04 bits per heavy atom. The number of aromatic amines is 1. The summed E-state index contributed by atoms with van der Waals surface area (Å²) in [4.78, 5) is 19.5. The number of aromatic nitrogens is 6. The summed E-state index contributed by atoms with van der Waals surface area (Å²) in [6.07, 6.45) is 1.53. The van der Waals surface area contributed by atoms with E-state index in [9.17, 15) is 4.79 Å². The SMILES string of the molecule is Cc1nnc(Sc2nc3c(cnn3-c3ccccc3)c(=O)[nH]2)s1. The van der Waals surface area contributed by atoms with Gasteiger partial charge in [0.05, 0.1) is 11.9 Å². The van der Waals surface area contributed by atoms with Gasteiger partial charge in [-0.25, -0.2) is 9.67 Å². The average Bonchev–Trinajstić information content (AvgIpc) is 3.15. The summed E-state index contributed by atoms with van der Waals surface area (Å²) in [6.45, 7) is 1.88. The number of para-hydroxylation sites is 1. The van der Waals surface area contributed by atoms with Gasteiger partial charge in [0.2, 0.25) is 0 Å². The summed E-state index contributed by atoms with van der Waals surface area (Å²) in [6, 6.07) is 9.58. The van der Waals surface area contributed by atoms with Crippen LogP contribution >= 0.6 is 23.1 Å². The third-order valence-electron chi connectivity index (χ3n) is 3.11. The van der Waals surface area contributed by atoms with Crippen molar-refractivity contribution < 1.29 is 0 Å². The Morgan fingerprint density at radius 3 is 2.78 bits per heavy atom. The molecule has 1 aromatic carbocycles. The van der Waals surface area contributed by atoms with Crippen molar-refractivity contribution in [3.05, 3.63) is 51.9 Å². The number of nitrogens with zero attached hydrogens (tertiary/aromatic N) is 5. The van der Waals surface area contributed by atoms with E-state index in [2.05, 4.69) is 25.3 Å². The lowest BCUT2D eigenvalue weighted by atomic mass is 10.3. The number of nitrogens with one attached hydrogen (secondary N) is 1. The van der Waals surface area contributed by atoms with Crippen LogP contribution in [0.1, 0.15) is 5.01 Å². The van der Waals surface area contributed by atoms with Gasteiger partial charge in [-0.3, -0.25) is 4.79 Å². The fraction of sp³-hybridized carbons (Fsp3) is 0.0714. The predicted octanol–water partition coefficient (Wildman–Crippen LogP) is 2.42. The first-order valence-corrected chi connectivity index (χ1v) is 8.35. The van der Waals surface area contributed by atoms with Crippen LogP contribution in [-0.2, 0) is 0 Å². The lowest BCUT2D eigenvalue weighted by molar-refractivity contribution is 0.872. The van der Waals surface area contributed by atoms with Crippen LogP contribution in [0.3, 0.4) is 0 Å². The Balaban J connectivity index is 1.83. The summed E-state index contributed by atoms with van der Waals surface area (Å²) in [5.74, 6) is 0. The third-order valence-corrected chi connectivity index (χ3v) is 4.88. The van der Waals surface area contributed by atoms with Crippen molar-refractivity contribution in [2.45, 2.75) is 16.4 Å². The van der Waals surface area contributed by atoms with Crippen molar-refractivity contribution in [2.24, 2.45) is 0 Å². The Hall–Kier alpha value is -2.52. The zero-order chi connectivity index (χ0) is 15.8. The van der Waals surface area contributed by atoms with Crippen molar-refractivity contribution in [3.63, 3.8) is 0 Å². The topological polar surface area (TPSA) is 89.3 Å². The second-order valence-electron chi connectivity index (χ2n) is 4.69. The highest BCUT2D eigenvalue weighted by Gasteiger charge is 2.13. The van der Waals surface area contributed by atoms with Gasteiger partial charge in [-0.15, -0.1) is 10.2 Å². The van der Waals surface area contributed by atoms with Gasteiger partial charge in [0.15, 0.2) is 15.1 Å². The molecule has 0 saturated heterocycles. The first-order chi connectivity index (χ1) is 11.2. The molecule has 0 saturated carbocycles. The number of fused-ring (bicyclic) bond motifs is 1. The van der Waals surface area contributed by atoms with E-state index in [-0.39, 0.29) is 5.56 Å². The van der Waals surface area contributed by atoms with Gasteiger partial charge < -0.3 is 4.98 Å². The quantitative estimate of drug-likeness (QED) is 0.575. The zero-order valence-corrected chi connectivity index (χ0v) is 13.6. The number of hydrogen-bond acceptors (Lipinski definition) is 7. The summed E-state index contributed by atoms with van der Waals surface area (Å²) in [5.41, 5.74) is 1.15. The molecule has 0 fully saturated rings. The van der Waals surface area contributed by atoms with Crippen LogP contribution in [0.2, 0.25) is 0 Å². The minimum absolute atomic E-state index is 0.221. The number of hydrogen-bond donors (Lipinski definition) is 1. The Bertz CT molecular complexity index is 1040. The molecule has 4 rings (SSSR count). The maximum atomic E-state index is 12.2. The molecule has 0 atom stereocenters. The van der Waals surface area contributed by atoms with Crippen molar-refractivity contribution in [2.75, 3.05) is 0 Å². The fourth-order valence-electron chi connectivity index (χ4n) is 2.11. The second kappa shape index (κ2) is 5.60. The molecule has 0 aliphatic rings. The van der Waals surface area contributed by atoms with Crippen molar-refractivity contribution in [1.82, 2.24) is 29.9 Å². The van der Waals surface area contributed by atoms with E-state index in [1.54, 1.807) is 4.68 Å². The molecule has 4 aromatic rings. The molecule has 0 aliphatic heterocycles. The second-order valence-corrected chi connectivity index (χ2v) is 7.11. The van der Waals surface area contributed by atoms with Crippen LogP contribution in [0.15, 0.2) is 50.8 Å². The first kappa shape index (κ1) is 14.1. The maximum Gasteiger partial charge on any atom is 0.262 e. The molecular weight excluding hydrogens is 332 g/mol. The average molecular weight is 342 g/mol. The summed E-state index contributed by atoms with van der Waals surface area (Å²) in [7, 11) is 0. The zero-order valence-electron chi connectivity index (χ0n) is 11.9. The molecule has 0 bridgehead atoms. The van der Waals surface area contributed by atoms with E-state index in [0.717, 1.165) is 15.0 Å². The molecule has 3 aromatic heterocycles. The largest absolute Gasteiger partial charge is 0.300 e. The summed E-state index contributed by atoms with van der Waals surface area (Å²) < 4.78 is 2.38. The highest BCUT2D eigenvalue weighted by atomic mass is 32.2. The minimum atomic E-state index is -0.221. The number of aryl methyl sites for hydroxylation is 1. The smallest absolute Gasteiger partial charge is 0.262 e. The molecule has 0 unspecified atom stereocenters. The van der Waals surface area contributed by atoms with Gasteiger partial charge in [-0.1, -0.05) is 29.5 Å². The molecule has 0 spiro atoms. The van der Waals surface area contributed by atoms with Crippen molar-refractivity contribution >= 4 is 34.1 Å². The summed E-state index contributed by atoms with van der Waals surface area (Å²) >= 11 is 2.73. The first-order valence-electron chi connectivity index (χ1n) is 6.72. The van der Waals surface area contributed by atoms with E-state index < -0.39 is 0 Å². The normalized spacial score (nSPS) is 11.2. The van der Waals surface area contributed by atoms with Crippen LogP contribution in [0.25, 0.3) is 16.7 Å². The minimum Gasteiger partial charge on any atom is -0.300 e. The van der Waals surface area contributed by atoms with Gasteiger partial charge in [-0.2, -0.15) is 5.10 Å². The Morgan fingerprint density at radius 1 is 1.22 bits per heavy atom. The number of rotatable bonds is 3.